The molecule has 1 rings (SSSR count). The topological polar surface area (TPSA) is 66.9 Å². The molecule has 0 radical (unpaired) electrons. The minimum absolute atomic E-state index is 0.141. The van der Waals surface area contributed by atoms with Crippen LogP contribution in [-0.4, -0.2) is 29.0 Å². The summed E-state index contributed by atoms with van der Waals surface area (Å²) in [6, 6.07) is 0.141. The number of carbonyl (C=O) groups is 1. The van der Waals surface area contributed by atoms with Gasteiger partial charge in [-0.3, -0.25) is 9.78 Å². The highest BCUT2D eigenvalue weighted by Crippen LogP contribution is 2.05. The quantitative estimate of drug-likeness (QED) is 0.816. The van der Waals surface area contributed by atoms with E-state index >= 15 is 0 Å². The Morgan fingerprint density at radius 1 is 1.35 bits per heavy atom. The third-order valence-corrected chi connectivity index (χ3v) is 2.33. The summed E-state index contributed by atoms with van der Waals surface area (Å²) >= 11 is 0. The zero-order valence-electron chi connectivity index (χ0n) is 10.8. The summed E-state index contributed by atoms with van der Waals surface area (Å²) in [5.41, 5.74) is 0.340. The Balaban J connectivity index is 2.63. The number of rotatable bonds is 5. The summed E-state index contributed by atoms with van der Waals surface area (Å²) in [5.74, 6) is 0.969. The van der Waals surface area contributed by atoms with Crippen LogP contribution in [0.5, 0.6) is 0 Å². The number of anilines is 1. The summed E-state index contributed by atoms with van der Waals surface area (Å²) in [4.78, 5) is 20.0. The molecule has 1 atom stereocenters. The number of nitrogens with zero attached hydrogens (tertiary/aromatic N) is 2. The number of aromatic nitrogens is 2. The van der Waals surface area contributed by atoms with Crippen LogP contribution in [0.15, 0.2) is 12.4 Å². The van der Waals surface area contributed by atoms with E-state index in [1.54, 1.807) is 13.2 Å². The fraction of sp³-hybridized carbons (Fsp3) is 0.583. The van der Waals surface area contributed by atoms with Gasteiger partial charge in [-0.05, 0) is 19.3 Å². The Bertz CT molecular complexity index is 379. The Hall–Kier alpha value is -1.65. The van der Waals surface area contributed by atoms with Crippen molar-refractivity contribution in [2.75, 3.05) is 12.4 Å². The third kappa shape index (κ3) is 4.38. The van der Waals surface area contributed by atoms with E-state index in [1.165, 1.54) is 6.20 Å². The fourth-order valence-electron chi connectivity index (χ4n) is 1.66. The highest BCUT2D eigenvalue weighted by molar-refractivity contribution is 5.92. The van der Waals surface area contributed by atoms with Crippen molar-refractivity contribution in [2.45, 2.75) is 33.2 Å². The van der Waals surface area contributed by atoms with E-state index in [4.69, 9.17) is 0 Å². The average Bonchev–Trinajstić information content (AvgIpc) is 2.27. The molecule has 0 aliphatic carbocycles. The number of nitrogens with one attached hydrogen (secondary N) is 2. The van der Waals surface area contributed by atoms with E-state index < -0.39 is 0 Å². The Morgan fingerprint density at radius 3 is 2.65 bits per heavy atom. The van der Waals surface area contributed by atoms with E-state index in [9.17, 15) is 4.79 Å². The zero-order chi connectivity index (χ0) is 12.8. The van der Waals surface area contributed by atoms with Crippen LogP contribution in [0.2, 0.25) is 0 Å². The maximum atomic E-state index is 11.9. The van der Waals surface area contributed by atoms with Crippen LogP contribution in [0.3, 0.4) is 0 Å². The van der Waals surface area contributed by atoms with Gasteiger partial charge in [-0.2, -0.15) is 0 Å². The number of amides is 1. The molecule has 0 aliphatic heterocycles. The maximum Gasteiger partial charge on any atom is 0.271 e. The fourth-order valence-corrected chi connectivity index (χ4v) is 1.66. The van der Waals surface area contributed by atoms with E-state index in [0.717, 1.165) is 6.42 Å². The second kappa shape index (κ2) is 6.18. The molecule has 1 aromatic heterocycles. The molecule has 0 fully saturated rings. The molecule has 5 heteroatoms. The first-order valence-electron chi connectivity index (χ1n) is 5.83. The van der Waals surface area contributed by atoms with E-state index in [0.29, 0.717) is 17.4 Å². The molecule has 1 aromatic rings. The van der Waals surface area contributed by atoms with Gasteiger partial charge in [0.2, 0.25) is 0 Å². The smallest absolute Gasteiger partial charge is 0.271 e. The molecular formula is C12H20N4O. The SMILES string of the molecule is CNc1cncc(C(=O)NC(C)CC(C)C)n1. The minimum atomic E-state index is -0.178. The van der Waals surface area contributed by atoms with E-state index in [2.05, 4.69) is 34.4 Å². The summed E-state index contributed by atoms with van der Waals surface area (Å²) in [6.07, 6.45) is 4.00. The van der Waals surface area contributed by atoms with Gasteiger partial charge >= 0.3 is 0 Å². The molecule has 0 saturated carbocycles. The molecule has 0 bridgehead atoms. The van der Waals surface area contributed by atoms with Gasteiger partial charge in [0, 0.05) is 13.1 Å². The first kappa shape index (κ1) is 13.4. The summed E-state index contributed by atoms with van der Waals surface area (Å²) in [5, 5.41) is 5.76. The van der Waals surface area contributed by atoms with Crippen LogP contribution in [0.1, 0.15) is 37.7 Å². The number of hydrogen-bond acceptors (Lipinski definition) is 4. The van der Waals surface area contributed by atoms with Gasteiger partial charge in [0.05, 0.1) is 12.4 Å². The lowest BCUT2D eigenvalue weighted by Crippen LogP contribution is -2.34. The molecule has 1 heterocycles. The highest BCUT2D eigenvalue weighted by atomic mass is 16.1. The van der Waals surface area contributed by atoms with Gasteiger partial charge < -0.3 is 10.6 Å². The molecule has 0 aliphatic rings. The largest absolute Gasteiger partial charge is 0.372 e. The Labute approximate surface area is 102 Å². The van der Waals surface area contributed by atoms with Crippen LogP contribution >= 0.6 is 0 Å². The van der Waals surface area contributed by atoms with Crippen molar-refractivity contribution in [2.24, 2.45) is 5.92 Å². The molecular weight excluding hydrogens is 216 g/mol. The lowest BCUT2D eigenvalue weighted by atomic mass is 10.1. The van der Waals surface area contributed by atoms with Crippen molar-refractivity contribution in [3.63, 3.8) is 0 Å². The van der Waals surface area contributed by atoms with Crippen molar-refractivity contribution in [1.82, 2.24) is 15.3 Å². The molecule has 1 unspecified atom stereocenters. The van der Waals surface area contributed by atoms with Gasteiger partial charge in [-0.25, -0.2) is 4.98 Å². The van der Waals surface area contributed by atoms with Crippen molar-refractivity contribution in [3.05, 3.63) is 18.1 Å². The van der Waals surface area contributed by atoms with Crippen molar-refractivity contribution in [1.29, 1.82) is 0 Å². The van der Waals surface area contributed by atoms with Gasteiger partial charge in [0.25, 0.3) is 5.91 Å². The highest BCUT2D eigenvalue weighted by Gasteiger charge is 2.12. The summed E-state index contributed by atoms with van der Waals surface area (Å²) in [7, 11) is 1.74. The second-order valence-electron chi connectivity index (χ2n) is 4.54. The minimum Gasteiger partial charge on any atom is -0.372 e. The van der Waals surface area contributed by atoms with Crippen LogP contribution in [-0.2, 0) is 0 Å². The normalized spacial score (nSPS) is 12.3. The van der Waals surface area contributed by atoms with Gasteiger partial charge in [0.1, 0.15) is 11.5 Å². The molecule has 5 nitrogen and oxygen atoms in total. The lowest BCUT2D eigenvalue weighted by molar-refractivity contribution is 0.0931. The van der Waals surface area contributed by atoms with Crippen LogP contribution in [0, 0.1) is 5.92 Å². The molecule has 0 spiro atoms. The predicted molar refractivity (Wildman–Crippen MR) is 68.0 cm³/mol. The zero-order valence-corrected chi connectivity index (χ0v) is 10.8. The molecule has 0 saturated heterocycles. The van der Waals surface area contributed by atoms with E-state index in [1.807, 2.05) is 6.92 Å². The van der Waals surface area contributed by atoms with Crippen molar-refractivity contribution >= 4 is 11.7 Å². The monoisotopic (exact) mass is 236 g/mol. The second-order valence-corrected chi connectivity index (χ2v) is 4.54. The Kier molecular flexibility index (Phi) is 4.87. The Morgan fingerprint density at radius 2 is 2.06 bits per heavy atom. The number of carbonyl (C=O) groups excluding carboxylic acids is 1. The first-order valence-corrected chi connectivity index (χ1v) is 5.83. The molecule has 17 heavy (non-hydrogen) atoms. The summed E-state index contributed by atoms with van der Waals surface area (Å²) < 4.78 is 0. The third-order valence-electron chi connectivity index (χ3n) is 2.33. The van der Waals surface area contributed by atoms with Crippen LogP contribution < -0.4 is 10.6 Å². The lowest BCUT2D eigenvalue weighted by Gasteiger charge is -2.15. The predicted octanol–water partition coefficient (Wildman–Crippen LogP) is 1.68. The molecule has 1 amide bonds. The average molecular weight is 236 g/mol. The van der Waals surface area contributed by atoms with Gasteiger partial charge in [0.15, 0.2) is 0 Å². The molecule has 0 aromatic carbocycles. The van der Waals surface area contributed by atoms with Crippen molar-refractivity contribution < 1.29 is 4.79 Å². The maximum absolute atomic E-state index is 11.9. The molecule has 94 valence electrons. The summed E-state index contributed by atoms with van der Waals surface area (Å²) in [6.45, 7) is 6.25. The van der Waals surface area contributed by atoms with Gasteiger partial charge in [-0.15, -0.1) is 0 Å². The first-order chi connectivity index (χ1) is 8.02. The number of hydrogen-bond donors (Lipinski definition) is 2. The van der Waals surface area contributed by atoms with Crippen LogP contribution in [0.25, 0.3) is 0 Å². The standard InChI is InChI=1S/C12H20N4O/c1-8(2)5-9(3)15-12(17)10-6-14-7-11(13-4)16-10/h6-9H,5H2,1-4H3,(H,13,16)(H,15,17). The van der Waals surface area contributed by atoms with Crippen molar-refractivity contribution in [3.8, 4) is 0 Å². The molecule has 2 N–H and O–H groups in total. The van der Waals surface area contributed by atoms with E-state index in [-0.39, 0.29) is 11.9 Å². The van der Waals surface area contributed by atoms with Gasteiger partial charge in [-0.1, -0.05) is 13.8 Å². The van der Waals surface area contributed by atoms with Crippen LogP contribution in [0.4, 0.5) is 5.82 Å².